The molecule has 1 aromatic rings. The summed E-state index contributed by atoms with van der Waals surface area (Å²) >= 11 is 0. The fourth-order valence-electron chi connectivity index (χ4n) is 1.89. The molecular weight excluding hydrogens is 300 g/mol. The van der Waals surface area contributed by atoms with Crippen LogP contribution in [0.25, 0.3) is 0 Å². The number of esters is 1. The fourth-order valence-corrected chi connectivity index (χ4v) is 1.89. The number of ether oxygens (including phenoxy) is 1. The van der Waals surface area contributed by atoms with Gasteiger partial charge >= 0.3 is 11.9 Å². The second-order valence-electron chi connectivity index (χ2n) is 4.94. The highest BCUT2D eigenvalue weighted by Crippen LogP contribution is 2.10. The van der Waals surface area contributed by atoms with Gasteiger partial charge in [0.05, 0.1) is 24.2 Å². The number of carboxylic acid groups (broad SMARTS) is 1. The third-order valence-corrected chi connectivity index (χ3v) is 3.16. The molecule has 0 fully saturated rings. The van der Waals surface area contributed by atoms with Gasteiger partial charge in [0.25, 0.3) is 5.91 Å². The van der Waals surface area contributed by atoms with Gasteiger partial charge in [-0.1, -0.05) is 6.92 Å². The van der Waals surface area contributed by atoms with E-state index in [2.05, 4.69) is 5.32 Å². The van der Waals surface area contributed by atoms with Crippen molar-refractivity contribution in [2.75, 3.05) is 6.61 Å². The van der Waals surface area contributed by atoms with Gasteiger partial charge in [0, 0.05) is 5.56 Å². The zero-order chi connectivity index (χ0) is 17.4. The van der Waals surface area contributed by atoms with E-state index in [1.54, 1.807) is 13.8 Å². The third-order valence-electron chi connectivity index (χ3n) is 3.16. The van der Waals surface area contributed by atoms with Crippen molar-refractivity contribution in [2.24, 2.45) is 5.92 Å². The summed E-state index contributed by atoms with van der Waals surface area (Å²) in [6, 6.07) is 6.51. The second kappa shape index (κ2) is 8.54. The van der Waals surface area contributed by atoms with Gasteiger partial charge in [-0.25, -0.2) is 4.79 Å². The van der Waals surface area contributed by atoms with E-state index < -0.39 is 29.8 Å². The van der Waals surface area contributed by atoms with Gasteiger partial charge in [-0.15, -0.1) is 0 Å². The van der Waals surface area contributed by atoms with Crippen molar-refractivity contribution in [3.05, 3.63) is 35.4 Å². The van der Waals surface area contributed by atoms with Crippen molar-refractivity contribution in [3.63, 3.8) is 0 Å². The lowest BCUT2D eigenvalue weighted by molar-refractivity contribution is -0.148. The first-order chi connectivity index (χ1) is 10.9. The average Bonchev–Trinajstić information content (AvgIpc) is 2.54. The summed E-state index contributed by atoms with van der Waals surface area (Å²) in [6.07, 6.45) is -0.0732. The van der Waals surface area contributed by atoms with Crippen LogP contribution in [0, 0.1) is 17.2 Å². The minimum absolute atomic E-state index is 0.0732. The van der Waals surface area contributed by atoms with E-state index in [1.807, 2.05) is 6.07 Å². The number of nitrogens with zero attached hydrogens (tertiary/aromatic N) is 1. The van der Waals surface area contributed by atoms with Gasteiger partial charge in [-0.3, -0.25) is 9.59 Å². The van der Waals surface area contributed by atoms with E-state index in [0.29, 0.717) is 5.56 Å². The summed E-state index contributed by atoms with van der Waals surface area (Å²) in [5.74, 6) is -2.98. The SMILES string of the molecule is CCOC(=O)[C@@H](C)C[C@H](NC(=O)c1ccc(C#N)cc1)C(=O)O. The minimum Gasteiger partial charge on any atom is -0.480 e. The lowest BCUT2D eigenvalue weighted by atomic mass is 10.0. The molecule has 0 aliphatic carbocycles. The molecular formula is C16H18N2O5. The Bertz CT molecular complexity index is 618. The maximum Gasteiger partial charge on any atom is 0.326 e. The van der Waals surface area contributed by atoms with Crippen molar-refractivity contribution in [3.8, 4) is 6.07 Å². The largest absolute Gasteiger partial charge is 0.480 e. The highest BCUT2D eigenvalue weighted by Gasteiger charge is 2.26. The third kappa shape index (κ3) is 5.43. The molecule has 0 saturated carbocycles. The topological polar surface area (TPSA) is 116 Å². The molecule has 1 amide bonds. The lowest BCUT2D eigenvalue weighted by Crippen LogP contribution is -2.42. The van der Waals surface area contributed by atoms with Gasteiger partial charge in [-0.2, -0.15) is 5.26 Å². The van der Waals surface area contributed by atoms with E-state index in [9.17, 15) is 19.5 Å². The Balaban J connectivity index is 2.75. The Morgan fingerprint density at radius 2 is 1.91 bits per heavy atom. The summed E-state index contributed by atoms with van der Waals surface area (Å²) in [5.41, 5.74) is 0.631. The number of amides is 1. The number of aliphatic carboxylic acids is 1. The van der Waals surface area contributed by atoms with Gasteiger partial charge in [0.2, 0.25) is 0 Å². The molecule has 1 aromatic carbocycles. The number of nitriles is 1. The van der Waals surface area contributed by atoms with Crippen LogP contribution < -0.4 is 5.32 Å². The number of carbonyl (C=O) groups is 3. The normalized spacial score (nSPS) is 12.6. The number of carboxylic acids is 1. The van der Waals surface area contributed by atoms with Gasteiger partial charge in [0.1, 0.15) is 6.04 Å². The van der Waals surface area contributed by atoms with Crippen molar-refractivity contribution < 1.29 is 24.2 Å². The fraction of sp³-hybridized carbons (Fsp3) is 0.375. The zero-order valence-corrected chi connectivity index (χ0v) is 12.9. The molecule has 7 nitrogen and oxygen atoms in total. The van der Waals surface area contributed by atoms with Crippen molar-refractivity contribution in [2.45, 2.75) is 26.3 Å². The van der Waals surface area contributed by atoms with Crippen LogP contribution in [-0.2, 0) is 14.3 Å². The molecule has 0 aliphatic heterocycles. The van der Waals surface area contributed by atoms with Crippen LogP contribution in [0.2, 0.25) is 0 Å². The predicted octanol–water partition coefficient (Wildman–Crippen LogP) is 1.33. The maximum atomic E-state index is 12.1. The van der Waals surface area contributed by atoms with E-state index >= 15 is 0 Å². The number of hydrogen-bond donors (Lipinski definition) is 2. The molecule has 0 radical (unpaired) electrons. The Labute approximate surface area is 133 Å². The van der Waals surface area contributed by atoms with Crippen LogP contribution in [0.1, 0.15) is 36.2 Å². The highest BCUT2D eigenvalue weighted by molar-refractivity contribution is 5.96. The Morgan fingerprint density at radius 3 is 2.39 bits per heavy atom. The minimum atomic E-state index is -1.23. The number of nitrogens with one attached hydrogen (secondary N) is 1. The zero-order valence-electron chi connectivity index (χ0n) is 12.9. The first-order valence-electron chi connectivity index (χ1n) is 7.09. The molecule has 122 valence electrons. The van der Waals surface area contributed by atoms with Crippen LogP contribution in [0.15, 0.2) is 24.3 Å². The molecule has 23 heavy (non-hydrogen) atoms. The van der Waals surface area contributed by atoms with Gasteiger partial charge in [0.15, 0.2) is 0 Å². The van der Waals surface area contributed by atoms with Gasteiger partial charge in [-0.05, 0) is 37.6 Å². The summed E-state index contributed by atoms with van der Waals surface area (Å²) in [4.78, 5) is 34.9. The molecule has 2 N–H and O–H groups in total. The number of benzene rings is 1. The average molecular weight is 318 g/mol. The van der Waals surface area contributed by atoms with Crippen molar-refractivity contribution in [1.82, 2.24) is 5.32 Å². The van der Waals surface area contributed by atoms with Crippen LogP contribution >= 0.6 is 0 Å². The Hall–Kier alpha value is -2.88. The molecule has 7 heteroatoms. The lowest BCUT2D eigenvalue weighted by Gasteiger charge is -2.18. The van der Waals surface area contributed by atoms with E-state index in [1.165, 1.54) is 24.3 Å². The maximum absolute atomic E-state index is 12.1. The second-order valence-corrected chi connectivity index (χ2v) is 4.94. The van der Waals surface area contributed by atoms with E-state index in [4.69, 9.17) is 10.00 Å². The van der Waals surface area contributed by atoms with Gasteiger partial charge < -0.3 is 15.2 Å². The quantitative estimate of drug-likeness (QED) is 0.733. The predicted molar refractivity (Wildman–Crippen MR) is 80.5 cm³/mol. The first-order valence-corrected chi connectivity index (χ1v) is 7.09. The first kappa shape index (κ1) is 18.2. The Kier molecular flexibility index (Phi) is 6.74. The molecule has 0 unspecified atom stereocenters. The Morgan fingerprint density at radius 1 is 1.30 bits per heavy atom. The van der Waals surface area contributed by atoms with E-state index in [-0.39, 0.29) is 18.6 Å². The van der Waals surface area contributed by atoms with Crippen LogP contribution in [0.4, 0.5) is 0 Å². The molecule has 0 aliphatic rings. The summed E-state index contributed by atoms with van der Waals surface area (Å²) < 4.78 is 4.82. The molecule has 0 saturated heterocycles. The molecule has 0 bridgehead atoms. The highest BCUT2D eigenvalue weighted by atomic mass is 16.5. The monoisotopic (exact) mass is 318 g/mol. The van der Waals surface area contributed by atoms with Crippen LogP contribution in [0.5, 0.6) is 0 Å². The van der Waals surface area contributed by atoms with E-state index in [0.717, 1.165) is 0 Å². The molecule has 0 heterocycles. The molecule has 0 aromatic heterocycles. The standard InChI is InChI=1S/C16H18N2O5/c1-3-23-16(22)10(2)8-13(15(20)21)18-14(19)12-6-4-11(9-17)5-7-12/h4-7,10,13H,3,8H2,1-2H3,(H,18,19)(H,20,21)/t10-,13-/m0/s1. The summed E-state index contributed by atoms with van der Waals surface area (Å²) in [5, 5.41) is 20.3. The smallest absolute Gasteiger partial charge is 0.326 e. The van der Waals surface area contributed by atoms with Crippen LogP contribution in [-0.4, -0.2) is 35.6 Å². The van der Waals surface area contributed by atoms with Crippen molar-refractivity contribution in [1.29, 1.82) is 5.26 Å². The van der Waals surface area contributed by atoms with Crippen molar-refractivity contribution >= 4 is 17.8 Å². The molecule has 0 spiro atoms. The summed E-state index contributed by atoms with van der Waals surface area (Å²) in [6.45, 7) is 3.41. The van der Waals surface area contributed by atoms with Crippen LogP contribution in [0.3, 0.4) is 0 Å². The molecule has 2 atom stereocenters. The number of hydrogen-bond acceptors (Lipinski definition) is 5. The number of carbonyl (C=O) groups excluding carboxylic acids is 2. The summed E-state index contributed by atoms with van der Waals surface area (Å²) in [7, 11) is 0. The molecule has 1 rings (SSSR count). The number of rotatable bonds is 7.